The van der Waals surface area contributed by atoms with Crippen molar-refractivity contribution in [3.05, 3.63) is 57.8 Å². The Labute approximate surface area is 114 Å². The lowest BCUT2D eigenvalue weighted by atomic mass is 10.1. The van der Waals surface area contributed by atoms with Gasteiger partial charge in [-0.1, -0.05) is 6.07 Å². The second-order valence-corrected chi connectivity index (χ2v) is 4.12. The van der Waals surface area contributed by atoms with Gasteiger partial charge in [-0.3, -0.25) is 0 Å². The van der Waals surface area contributed by atoms with Crippen LogP contribution in [-0.2, 0) is 0 Å². The van der Waals surface area contributed by atoms with Crippen LogP contribution in [0.25, 0.3) is 0 Å². The average Bonchev–Trinajstić information content (AvgIpc) is 2.41. The maximum atomic E-state index is 10.9. The summed E-state index contributed by atoms with van der Waals surface area (Å²) in [6, 6.07) is 7.48. The van der Waals surface area contributed by atoms with Crippen molar-refractivity contribution in [2.24, 2.45) is 0 Å². The van der Waals surface area contributed by atoms with E-state index in [1.54, 1.807) is 6.07 Å². The third-order valence-corrected chi connectivity index (χ3v) is 2.70. The van der Waals surface area contributed by atoms with Gasteiger partial charge in [0.05, 0.1) is 11.3 Å². The van der Waals surface area contributed by atoms with Gasteiger partial charge in [-0.25, -0.2) is 4.79 Å². The Morgan fingerprint density at radius 3 is 2.65 bits per heavy atom. The monoisotopic (exact) mass is 273 g/mol. The summed E-state index contributed by atoms with van der Waals surface area (Å²) in [6.45, 7) is 1.83. The minimum absolute atomic E-state index is 0.160. The molecule has 0 aliphatic heterocycles. The van der Waals surface area contributed by atoms with Gasteiger partial charge in [0.1, 0.15) is 0 Å². The van der Waals surface area contributed by atoms with Crippen molar-refractivity contribution in [1.82, 2.24) is 4.98 Å². The molecule has 0 spiro atoms. The standard InChI is InChI=1S/C13H11N3O4/c1-8-2-3-9(13(17)18)6-11(8)15-10-4-5-12(14-7-10)16(19)20/h2-7,15H,1H3,(H,17,18). The van der Waals surface area contributed by atoms with Crippen molar-refractivity contribution >= 4 is 23.2 Å². The number of rotatable bonds is 4. The van der Waals surface area contributed by atoms with Gasteiger partial charge in [-0.15, -0.1) is 0 Å². The lowest BCUT2D eigenvalue weighted by Crippen LogP contribution is -2.00. The van der Waals surface area contributed by atoms with Gasteiger partial charge in [0, 0.05) is 11.8 Å². The number of aromatic carboxylic acids is 1. The zero-order chi connectivity index (χ0) is 14.7. The summed E-state index contributed by atoms with van der Waals surface area (Å²) in [7, 11) is 0. The third-order valence-electron chi connectivity index (χ3n) is 2.70. The Bertz CT molecular complexity index is 668. The zero-order valence-electron chi connectivity index (χ0n) is 10.5. The Hall–Kier alpha value is -2.96. The molecule has 1 aromatic carbocycles. The molecule has 2 rings (SSSR count). The quantitative estimate of drug-likeness (QED) is 0.655. The van der Waals surface area contributed by atoms with E-state index >= 15 is 0 Å². The molecule has 102 valence electrons. The largest absolute Gasteiger partial charge is 0.478 e. The van der Waals surface area contributed by atoms with Crippen LogP contribution in [0, 0.1) is 17.0 Å². The summed E-state index contributed by atoms with van der Waals surface area (Å²) in [6.07, 6.45) is 1.32. The van der Waals surface area contributed by atoms with Crippen LogP contribution in [0.1, 0.15) is 15.9 Å². The van der Waals surface area contributed by atoms with E-state index < -0.39 is 10.9 Å². The van der Waals surface area contributed by atoms with Gasteiger partial charge in [0.25, 0.3) is 0 Å². The number of benzene rings is 1. The molecular formula is C13H11N3O4. The number of nitro groups is 1. The van der Waals surface area contributed by atoms with Crippen LogP contribution in [0.15, 0.2) is 36.5 Å². The van der Waals surface area contributed by atoms with E-state index in [1.807, 2.05) is 6.92 Å². The fourth-order valence-electron chi connectivity index (χ4n) is 1.61. The van der Waals surface area contributed by atoms with E-state index in [1.165, 1.54) is 30.5 Å². The molecule has 0 fully saturated rings. The second kappa shape index (κ2) is 5.35. The number of nitrogens with zero attached hydrogens (tertiary/aromatic N) is 2. The number of carbonyl (C=O) groups is 1. The van der Waals surface area contributed by atoms with Crippen molar-refractivity contribution in [3.8, 4) is 0 Å². The highest BCUT2D eigenvalue weighted by Gasteiger charge is 2.09. The predicted octanol–water partition coefficient (Wildman–Crippen LogP) is 2.74. The molecule has 0 atom stereocenters. The summed E-state index contributed by atoms with van der Waals surface area (Å²) in [4.78, 5) is 24.5. The highest BCUT2D eigenvalue weighted by Crippen LogP contribution is 2.22. The van der Waals surface area contributed by atoms with Gasteiger partial charge >= 0.3 is 11.8 Å². The number of aromatic nitrogens is 1. The van der Waals surface area contributed by atoms with Crippen molar-refractivity contribution in [1.29, 1.82) is 0 Å². The fourth-order valence-corrected chi connectivity index (χ4v) is 1.61. The first kappa shape index (κ1) is 13.5. The summed E-state index contributed by atoms with van der Waals surface area (Å²) >= 11 is 0. The van der Waals surface area contributed by atoms with E-state index in [2.05, 4.69) is 10.3 Å². The summed E-state index contributed by atoms with van der Waals surface area (Å²) < 4.78 is 0. The maximum absolute atomic E-state index is 10.9. The highest BCUT2D eigenvalue weighted by atomic mass is 16.6. The molecule has 0 aliphatic carbocycles. The summed E-state index contributed by atoms with van der Waals surface area (Å²) in [5.41, 5.74) is 2.17. The van der Waals surface area contributed by atoms with Crippen LogP contribution in [0.4, 0.5) is 17.2 Å². The molecule has 0 bridgehead atoms. The Kier molecular flexibility index (Phi) is 3.60. The predicted molar refractivity (Wildman–Crippen MR) is 72.3 cm³/mol. The highest BCUT2D eigenvalue weighted by molar-refractivity contribution is 5.89. The Morgan fingerprint density at radius 2 is 2.10 bits per heavy atom. The van der Waals surface area contributed by atoms with Crippen LogP contribution in [-0.4, -0.2) is 21.0 Å². The second-order valence-electron chi connectivity index (χ2n) is 4.12. The topological polar surface area (TPSA) is 105 Å². The third kappa shape index (κ3) is 2.89. The van der Waals surface area contributed by atoms with Crippen LogP contribution < -0.4 is 5.32 Å². The number of carboxylic acids is 1. The molecule has 0 unspecified atom stereocenters. The van der Waals surface area contributed by atoms with Crippen molar-refractivity contribution in [2.75, 3.05) is 5.32 Å². The number of anilines is 2. The van der Waals surface area contributed by atoms with Crippen molar-refractivity contribution in [3.63, 3.8) is 0 Å². The number of carboxylic acid groups (broad SMARTS) is 1. The molecule has 7 heteroatoms. The molecule has 20 heavy (non-hydrogen) atoms. The SMILES string of the molecule is Cc1ccc(C(=O)O)cc1Nc1ccc([N+](=O)[O-])nc1. The average molecular weight is 273 g/mol. The first-order chi connectivity index (χ1) is 9.47. The van der Waals surface area contributed by atoms with Gasteiger partial charge in [-0.05, 0) is 40.6 Å². The molecule has 0 aliphatic rings. The van der Waals surface area contributed by atoms with Gasteiger partial charge in [0.15, 0.2) is 6.20 Å². The number of hydrogen-bond acceptors (Lipinski definition) is 5. The Morgan fingerprint density at radius 1 is 1.35 bits per heavy atom. The van der Waals surface area contributed by atoms with Crippen LogP contribution in [0.5, 0.6) is 0 Å². The van der Waals surface area contributed by atoms with E-state index in [-0.39, 0.29) is 11.4 Å². The van der Waals surface area contributed by atoms with Gasteiger partial charge < -0.3 is 20.5 Å². The lowest BCUT2D eigenvalue weighted by Gasteiger charge is -2.09. The molecule has 2 aromatic rings. The maximum Gasteiger partial charge on any atom is 0.363 e. The van der Waals surface area contributed by atoms with E-state index in [0.29, 0.717) is 11.4 Å². The summed E-state index contributed by atoms with van der Waals surface area (Å²) in [5, 5.41) is 22.4. The molecule has 0 saturated carbocycles. The molecular weight excluding hydrogens is 262 g/mol. The van der Waals surface area contributed by atoms with Gasteiger partial charge in [-0.2, -0.15) is 0 Å². The van der Waals surface area contributed by atoms with E-state index in [4.69, 9.17) is 5.11 Å². The lowest BCUT2D eigenvalue weighted by molar-refractivity contribution is -0.389. The first-order valence-electron chi connectivity index (χ1n) is 5.69. The minimum atomic E-state index is -1.02. The van der Waals surface area contributed by atoms with E-state index in [0.717, 1.165) is 5.56 Å². The van der Waals surface area contributed by atoms with Crippen LogP contribution in [0.3, 0.4) is 0 Å². The number of pyridine rings is 1. The molecule has 0 saturated heterocycles. The molecule has 0 amide bonds. The van der Waals surface area contributed by atoms with Crippen LogP contribution in [0.2, 0.25) is 0 Å². The molecule has 2 N–H and O–H groups in total. The number of nitrogens with one attached hydrogen (secondary N) is 1. The molecule has 7 nitrogen and oxygen atoms in total. The Balaban J connectivity index is 2.27. The van der Waals surface area contributed by atoms with Gasteiger partial charge in [0.2, 0.25) is 0 Å². The normalized spacial score (nSPS) is 10.1. The van der Waals surface area contributed by atoms with Crippen molar-refractivity contribution < 1.29 is 14.8 Å². The van der Waals surface area contributed by atoms with E-state index in [9.17, 15) is 14.9 Å². The number of hydrogen-bond donors (Lipinski definition) is 2. The first-order valence-corrected chi connectivity index (χ1v) is 5.69. The summed E-state index contributed by atoms with van der Waals surface area (Å²) in [5.74, 6) is -1.26. The van der Waals surface area contributed by atoms with Crippen molar-refractivity contribution in [2.45, 2.75) is 6.92 Å². The smallest absolute Gasteiger partial charge is 0.363 e. The number of aryl methyl sites for hydroxylation is 1. The fraction of sp³-hybridized carbons (Fsp3) is 0.0769. The molecule has 1 heterocycles. The zero-order valence-corrected chi connectivity index (χ0v) is 10.5. The minimum Gasteiger partial charge on any atom is -0.478 e. The van der Waals surface area contributed by atoms with Crippen LogP contribution >= 0.6 is 0 Å². The molecule has 0 radical (unpaired) electrons. The molecule has 1 aromatic heterocycles.